The molecule has 26 heavy (non-hydrogen) atoms. The van der Waals surface area contributed by atoms with Gasteiger partial charge >= 0.3 is 5.97 Å². The van der Waals surface area contributed by atoms with Crippen LogP contribution in [0.1, 0.15) is 35.0 Å². The van der Waals surface area contributed by atoms with Crippen LogP contribution in [0.5, 0.6) is 0 Å². The largest absolute Gasteiger partial charge is 0.462 e. The van der Waals surface area contributed by atoms with Crippen LogP contribution in [0, 0.1) is 18.3 Å². The Bertz CT molecular complexity index is 861. The Labute approximate surface area is 156 Å². The van der Waals surface area contributed by atoms with Crippen molar-refractivity contribution in [1.82, 2.24) is 10.3 Å². The van der Waals surface area contributed by atoms with E-state index in [1.54, 1.807) is 13.8 Å². The lowest BCUT2D eigenvalue weighted by atomic mass is 10.1. The molecule has 140 valence electrons. The number of carbonyl (C=O) groups excluding carboxylic acids is 2. The fraction of sp³-hybridized carbons (Fsp3) is 0.500. The highest BCUT2D eigenvalue weighted by Crippen LogP contribution is 2.23. The molecule has 1 aromatic rings. The van der Waals surface area contributed by atoms with Gasteiger partial charge in [-0.15, -0.1) is 0 Å². The number of ether oxygens (including phenoxy) is 1. The number of pyridine rings is 1. The molecule has 0 aliphatic carbocycles. The number of esters is 1. The topological polar surface area (TPSA) is 126 Å². The second-order valence-electron chi connectivity index (χ2n) is 5.76. The number of rotatable bonds is 6. The summed E-state index contributed by atoms with van der Waals surface area (Å²) in [7, 11) is -3.06. The van der Waals surface area contributed by atoms with Gasteiger partial charge in [0.15, 0.2) is 9.84 Å². The van der Waals surface area contributed by atoms with Gasteiger partial charge in [0.2, 0.25) is 5.91 Å². The maximum Gasteiger partial charge on any atom is 0.340 e. The van der Waals surface area contributed by atoms with Crippen LogP contribution in [0.25, 0.3) is 0 Å². The van der Waals surface area contributed by atoms with Crippen molar-refractivity contribution in [3.8, 4) is 6.07 Å². The molecule has 1 saturated heterocycles. The fourth-order valence-corrected chi connectivity index (χ4v) is 4.99. The van der Waals surface area contributed by atoms with Gasteiger partial charge < -0.3 is 10.1 Å². The molecule has 0 radical (unpaired) electrons. The van der Waals surface area contributed by atoms with Crippen molar-refractivity contribution in [2.45, 2.75) is 31.3 Å². The predicted octanol–water partition coefficient (Wildman–Crippen LogP) is 0.834. The van der Waals surface area contributed by atoms with E-state index >= 15 is 0 Å². The first kappa shape index (κ1) is 20.2. The van der Waals surface area contributed by atoms with Crippen LogP contribution in [-0.4, -0.2) is 55.2 Å². The van der Waals surface area contributed by atoms with Crippen LogP contribution in [0.15, 0.2) is 11.1 Å². The Hall–Kier alpha value is -2.12. The van der Waals surface area contributed by atoms with E-state index in [1.807, 2.05) is 6.07 Å². The molecule has 0 bridgehead atoms. The molecule has 0 unspecified atom stereocenters. The van der Waals surface area contributed by atoms with Crippen molar-refractivity contribution < 1.29 is 22.7 Å². The molecule has 1 aromatic heterocycles. The summed E-state index contributed by atoms with van der Waals surface area (Å²) in [6.45, 7) is 3.53. The van der Waals surface area contributed by atoms with Crippen LogP contribution in [0.3, 0.4) is 0 Å². The standard InChI is InChI=1S/C16H19N3O5S2/c1-3-24-16(21)13-6-11(7-17)15(18-10(13)2)25-8-14(20)19-12-4-5-26(22,23)9-12/h6,12H,3-5,8-9H2,1-2H3,(H,19,20)/t12-/m1/s1. The number of nitriles is 1. The van der Waals surface area contributed by atoms with Gasteiger partial charge in [0.05, 0.1) is 40.7 Å². The number of carbonyl (C=O) groups is 2. The molecule has 1 fully saturated rings. The molecule has 1 aliphatic rings. The molecular weight excluding hydrogens is 378 g/mol. The van der Waals surface area contributed by atoms with Crippen molar-refractivity contribution in [2.24, 2.45) is 0 Å². The normalized spacial score (nSPS) is 18.1. The summed E-state index contributed by atoms with van der Waals surface area (Å²) in [5.74, 6) is -0.838. The quantitative estimate of drug-likeness (QED) is 0.552. The number of thioether (sulfide) groups is 1. The summed E-state index contributed by atoms with van der Waals surface area (Å²) in [5.41, 5.74) is 0.806. The lowest BCUT2D eigenvalue weighted by Crippen LogP contribution is -2.36. The van der Waals surface area contributed by atoms with E-state index in [9.17, 15) is 23.3 Å². The van der Waals surface area contributed by atoms with E-state index < -0.39 is 15.8 Å². The Morgan fingerprint density at radius 2 is 2.23 bits per heavy atom. The van der Waals surface area contributed by atoms with Crippen molar-refractivity contribution in [1.29, 1.82) is 5.26 Å². The van der Waals surface area contributed by atoms with Crippen molar-refractivity contribution >= 4 is 33.5 Å². The maximum atomic E-state index is 12.0. The van der Waals surface area contributed by atoms with Crippen LogP contribution in [0.2, 0.25) is 0 Å². The molecule has 2 heterocycles. The van der Waals surface area contributed by atoms with Crippen molar-refractivity contribution in [3.63, 3.8) is 0 Å². The van der Waals surface area contributed by atoms with Gasteiger partial charge in [0.1, 0.15) is 11.1 Å². The van der Waals surface area contributed by atoms with Gasteiger partial charge in [0, 0.05) is 6.04 Å². The zero-order valence-corrected chi connectivity index (χ0v) is 16.1. The summed E-state index contributed by atoms with van der Waals surface area (Å²) < 4.78 is 27.8. The second kappa shape index (κ2) is 8.51. The fourth-order valence-electron chi connectivity index (χ4n) is 2.50. The van der Waals surface area contributed by atoms with E-state index in [-0.39, 0.29) is 46.9 Å². The SMILES string of the molecule is CCOC(=O)c1cc(C#N)c(SCC(=O)N[C@@H]2CCS(=O)(=O)C2)nc1C. The van der Waals surface area contributed by atoms with Gasteiger partial charge in [-0.25, -0.2) is 18.2 Å². The molecule has 0 aromatic carbocycles. The zero-order valence-electron chi connectivity index (χ0n) is 14.4. The first-order valence-corrected chi connectivity index (χ1v) is 10.8. The Morgan fingerprint density at radius 3 is 2.81 bits per heavy atom. The van der Waals surface area contributed by atoms with Gasteiger partial charge in [-0.2, -0.15) is 5.26 Å². The molecule has 1 amide bonds. The van der Waals surface area contributed by atoms with Gasteiger partial charge in [-0.1, -0.05) is 11.8 Å². The zero-order chi connectivity index (χ0) is 19.3. The highest BCUT2D eigenvalue weighted by molar-refractivity contribution is 8.00. The number of hydrogen-bond donors (Lipinski definition) is 1. The smallest absolute Gasteiger partial charge is 0.340 e. The summed E-state index contributed by atoms with van der Waals surface area (Å²) in [6, 6.07) is 3.00. The van der Waals surface area contributed by atoms with Crippen LogP contribution >= 0.6 is 11.8 Å². The van der Waals surface area contributed by atoms with E-state index in [1.165, 1.54) is 6.07 Å². The lowest BCUT2D eigenvalue weighted by molar-refractivity contribution is -0.119. The van der Waals surface area contributed by atoms with Gasteiger partial charge in [-0.3, -0.25) is 4.79 Å². The molecule has 8 nitrogen and oxygen atoms in total. The number of sulfone groups is 1. The molecule has 1 N–H and O–H groups in total. The minimum Gasteiger partial charge on any atom is -0.462 e. The monoisotopic (exact) mass is 397 g/mol. The third kappa shape index (κ3) is 5.19. The molecule has 10 heteroatoms. The first-order chi connectivity index (χ1) is 12.3. The number of nitrogens with one attached hydrogen (secondary N) is 1. The summed E-state index contributed by atoms with van der Waals surface area (Å²) in [4.78, 5) is 28.1. The molecule has 1 aliphatic heterocycles. The number of nitrogens with zero attached hydrogens (tertiary/aromatic N) is 2. The predicted molar refractivity (Wildman–Crippen MR) is 95.6 cm³/mol. The second-order valence-corrected chi connectivity index (χ2v) is 8.96. The van der Waals surface area contributed by atoms with Crippen LogP contribution in [0.4, 0.5) is 0 Å². The van der Waals surface area contributed by atoms with E-state index in [0.29, 0.717) is 17.1 Å². The third-order valence-corrected chi connectivity index (χ3v) is 6.49. The van der Waals surface area contributed by atoms with Crippen molar-refractivity contribution in [2.75, 3.05) is 23.9 Å². The molecule has 2 rings (SSSR count). The van der Waals surface area contributed by atoms with E-state index in [0.717, 1.165) is 11.8 Å². The third-order valence-electron chi connectivity index (χ3n) is 3.73. The molecule has 0 saturated carbocycles. The number of amides is 1. The highest BCUT2D eigenvalue weighted by Gasteiger charge is 2.29. The Balaban J connectivity index is 2.03. The summed E-state index contributed by atoms with van der Waals surface area (Å²) in [6.07, 6.45) is 0.410. The molecular formula is C16H19N3O5S2. The van der Waals surface area contributed by atoms with E-state index in [2.05, 4.69) is 10.3 Å². The minimum absolute atomic E-state index is 0.00355. The minimum atomic E-state index is -3.06. The maximum absolute atomic E-state index is 12.0. The lowest BCUT2D eigenvalue weighted by Gasteiger charge is -2.11. The van der Waals surface area contributed by atoms with Crippen LogP contribution in [-0.2, 0) is 19.4 Å². The van der Waals surface area contributed by atoms with Gasteiger partial charge in [0.25, 0.3) is 0 Å². The van der Waals surface area contributed by atoms with Crippen LogP contribution < -0.4 is 5.32 Å². The number of aromatic nitrogens is 1. The number of aryl methyl sites for hydroxylation is 1. The average molecular weight is 397 g/mol. The first-order valence-electron chi connectivity index (χ1n) is 7.97. The Morgan fingerprint density at radius 1 is 1.50 bits per heavy atom. The van der Waals surface area contributed by atoms with Crippen molar-refractivity contribution in [3.05, 3.63) is 22.9 Å². The van der Waals surface area contributed by atoms with Gasteiger partial charge in [-0.05, 0) is 26.3 Å². The number of hydrogen-bond acceptors (Lipinski definition) is 8. The van der Waals surface area contributed by atoms with E-state index in [4.69, 9.17) is 4.74 Å². The Kier molecular flexibility index (Phi) is 6.61. The summed E-state index contributed by atoms with van der Waals surface area (Å²) in [5, 5.41) is 12.3. The molecule has 0 spiro atoms. The highest BCUT2D eigenvalue weighted by atomic mass is 32.2. The summed E-state index contributed by atoms with van der Waals surface area (Å²) >= 11 is 1.06. The average Bonchev–Trinajstić information content (AvgIpc) is 2.91. The molecule has 1 atom stereocenters.